The molecule has 7 heteroatoms. The monoisotopic (exact) mass is 381 g/mol. The number of aliphatic imine (C=N–C) groups is 1. The van der Waals surface area contributed by atoms with Crippen LogP contribution < -0.4 is 10.6 Å². The number of likely N-dealkylation sites (tertiary alicyclic amines) is 1. The van der Waals surface area contributed by atoms with Gasteiger partial charge in [0, 0.05) is 51.8 Å². The summed E-state index contributed by atoms with van der Waals surface area (Å²) in [5.74, 6) is 1.50. The summed E-state index contributed by atoms with van der Waals surface area (Å²) < 4.78 is 5.11. The van der Waals surface area contributed by atoms with Crippen LogP contribution in [0, 0.1) is 5.92 Å². The largest absolute Gasteiger partial charge is 0.383 e. The molecule has 27 heavy (non-hydrogen) atoms. The van der Waals surface area contributed by atoms with Crippen LogP contribution in [0.3, 0.4) is 0 Å². The average Bonchev–Trinajstić information content (AvgIpc) is 3.15. The number of amides is 1. The van der Waals surface area contributed by atoms with E-state index < -0.39 is 0 Å². The zero-order valence-corrected chi connectivity index (χ0v) is 17.5. The fraction of sp³-hybridized carbons (Fsp3) is 0.900. The fourth-order valence-electron chi connectivity index (χ4n) is 3.89. The molecule has 1 unspecified atom stereocenters. The van der Waals surface area contributed by atoms with Gasteiger partial charge in [0.25, 0.3) is 0 Å². The van der Waals surface area contributed by atoms with Gasteiger partial charge in [-0.1, -0.05) is 19.3 Å². The number of hydrogen-bond donors (Lipinski definition) is 2. The molecule has 1 heterocycles. The van der Waals surface area contributed by atoms with Crippen molar-refractivity contribution in [1.29, 1.82) is 0 Å². The molecule has 1 saturated carbocycles. The molecule has 2 N–H and O–H groups in total. The predicted molar refractivity (Wildman–Crippen MR) is 110 cm³/mol. The van der Waals surface area contributed by atoms with Gasteiger partial charge < -0.3 is 25.2 Å². The van der Waals surface area contributed by atoms with E-state index in [-0.39, 0.29) is 5.92 Å². The van der Waals surface area contributed by atoms with E-state index in [1.165, 1.54) is 19.3 Å². The first-order chi connectivity index (χ1) is 13.1. The highest BCUT2D eigenvalue weighted by molar-refractivity contribution is 5.81. The summed E-state index contributed by atoms with van der Waals surface area (Å²) in [5, 5.41) is 6.85. The minimum absolute atomic E-state index is 0.266. The smallest absolute Gasteiger partial charge is 0.225 e. The summed E-state index contributed by atoms with van der Waals surface area (Å²) >= 11 is 0. The molecular formula is C20H39N5O2. The molecule has 1 saturated heterocycles. The number of ether oxygens (including phenoxy) is 1. The Morgan fingerprint density at radius 3 is 2.70 bits per heavy atom. The van der Waals surface area contributed by atoms with E-state index in [4.69, 9.17) is 9.73 Å². The summed E-state index contributed by atoms with van der Waals surface area (Å²) in [4.78, 5) is 21.7. The average molecular weight is 382 g/mol. The van der Waals surface area contributed by atoms with Crippen LogP contribution in [-0.4, -0.2) is 87.7 Å². The maximum Gasteiger partial charge on any atom is 0.225 e. The zero-order chi connectivity index (χ0) is 19.5. The Morgan fingerprint density at radius 2 is 2.00 bits per heavy atom. The molecule has 1 aliphatic carbocycles. The fourth-order valence-corrected chi connectivity index (χ4v) is 3.89. The number of guanidine groups is 1. The molecule has 2 fully saturated rings. The summed E-state index contributed by atoms with van der Waals surface area (Å²) in [6, 6.07) is 0.293. The zero-order valence-electron chi connectivity index (χ0n) is 17.5. The van der Waals surface area contributed by atoms with Gasteiger partial charge in [-0.15, -0.1) is 0 Å². The first-order valence-corrected chi connectivity index (χ1v) is 10.6. The lowest BCUT2D eigenvalue weighted by molar-refractivity contribution is -0.135. The van der Waals surface area contributed by atoms with Gasteiger partial charge in [-0.3, -0.25) is 9.79 Å². The quantitative estimate of drug-likeness (QED) is 0.465. The van der Waals surface area contributed by atoms with Crippen LogP contribution in [0.4, 0.5) is 0 Å². The highest BCUT2D eigenvalue weighted by Gasteiger charge is 2.31. The number of carbonyl (C=O) groups is 1. The standard InChI is InChI=1S/C20H39N5O2/c1-4-21-20(22-11-13-24(2)14-15-27-3)23-18-10-12-25(16-18)19(26)17-8-6-5-7-9-17/h17-18H,4-16H2,1-3H3,(H2,21,22,23). The van der Waals surface area contributed by atoms with Crippen LogP contribution in [-0.2, 0) is 9.53 Å². The molecule has 0 radical (unpaired) electrons. The normalized spacial score (nSPS) is 21.7. The van der Waals surface area contributed by atoms with Gasteiger partial charge in [0.2, 0.25) is 5.91 Å². The van der Waals surface area contributed by atoms with Crippen LogP contribution in [0.1, 0.15) is 45.4 Å². The van der Waals surface area contributed by atoms with Crippen LogP contribution in [0.25, 0.3) is 0 Å². The van der Waals surface area contributed by atoms with E-state index in [9.17, 15) is 4.79 Å². The minimum Gasteiger partial charge on any atom is -0.383 e. The predicted octanol–water partition coefficient (Wildman–Crippen LogP) is 1.30. The van der Waals surface area contributed by atoms with Crippen LogP contribution >= 0.6 is 0 Å². The SMILES string of the molecule is CCNC(=NCCN(C)CCOC)NC1CCN(C(=O)C2CCCCC2)C1. The number of methoxy groups -OCH3 is 1. The van der Waals surface area contributed by atoms with Crippen molar-refractivity contribution >= 4 is 11.9 Å². The Kier molecular flexibility index (Phi) is 9.91. The van der Waals surface area contributed by atoms with Gasteiger partial charge in [0.1, 0.15) is 0 Å². The maximum atomic E-state index is 12.7. The van der Waals surface area contributed by atoms with Crippen LogP contribution in [0.2, 0.25) is 0 Å². The Bertz CT molecular complexity index is 465. The minimum atomic E-state index is 0.266. The highest BCUT2D eigenvalue weighted by atomic mass is 16.5. The van der Waals surface area contributed by atoms with Crippen molar-refractivity contribution in [3.05, 3.63) is 0 Å². The van der Waals surface area contributed by atoms with E-state index in [1.54, 1.807) is 7.11 Å². The van der Waals surface area contributed by atoms with E-state index >= 15 is 0 Å². The molecule has 2 aliphatic rings. The molecule has 156 valence electrons. The Balaban J connectivity index is 1.76. The summed E-state index contributed by atoms with van der Waals surface area (Å²) in [6.45, 7) is 7.88. The lowest BCUT2D eigenvalue weighted by Crippen LogP contribution is -2.46. The van der Waals surface area contributed by atoms with E-state index in [0.29, 0.717) is 11.9 Å². The van der Waals surface area contributed by atoms with Gasteiger partial charge in [-0.2, -0.15) is 0 Å². The number of likely N-dealkylation sites (N-methyl/N-ethyl adjacent to an activating group) is 1. The molecule has 1 aliphatic heterocycles. The van der Waals surface area contributed by atoms with Gasteiger partial charge in [-0.25, -0.2) is 0 Å². The third kappa shape index (κ3) is 7.66. The number of nitrogens with zero attached hydrogens (tertiary/aromatic N) is 3. The van der Waals surface area contributed by atoms with Crippen molar-refractivity contribution in [2.24, 2.45) is 10.9 Å². The van der Waals surface area contributed by atoms with E-state index in [1.807, 2.05) is 0 Å². The number of nitrogens with one attached hydrogen (secondary N) is 2. The van der Waals surface area contributed by atoms with Gasteiger partial charge in [0.05, 0.1) is 13.2 Å². The first kappa shape index (κ1) is 22.0. The van der Waals surface area contributed by atoms with Crippen LogP contribution in [0.15, 0.2) is 4.99 Å². The molecule has 0 spiro atoms. The molecule has 0 aromatic rings. The Hall–Kier alpha value is -1.34. The third-order valence-corrected chi connectivity index (χ3v) is 5.57. The number of carbonyl (C=O) groups excluding carboxylic acids is 1. The number of hydrogen-bond acceptors (Lipinski definition) is 4. The molecular weight excluding hydrogens is 342 g/mol. The second-order valence-electron chi connectivity index (χ2n) is 7.81. The second-order valence-corrected chi connectivity index (χ2v) is 7.81. The van der Waals surface area contributed by atoms with Crippen molar-refractivity contribution < 1.29 is 9.53 Å². The highest BCUT2D eigenvalue weighted by Crippen LogP contribution is 2.26. The molecule has 0 aromatic carbocycles. The van der Waals surface area contributed by atoms with E-state index in [0.717, 1.165) is 71.1 Å². The lowest BCUT2D eigenvalue weighted by Gasteiger charge is -2.26. The van der Waals surface area contributed by atoms with Crippen molar-refractivity contribution in [2.75, 3.05) is 60.0 Å². The molecule has 0 aromatic heterocycles. The number of rotatable bonds is 9. The van der Waals surface area contributed by atoms with Crippen LogP contribution in [0.5, 0.6) is 0 Å². The van der Waals surface area contributed by atoms with Gasteiger partial charge in [0.15, 0.2) is 5.96 Å². The summed E-state index contributed by atoms with van der Waals surface area (Å²) in [7, 11) is 3.81. The molecule has 1 atom stereocenters. The van der Waals surface area contributed by atoms with Crippen molar-refractivity contribution in [2.45, 2.75) is 51.5 Å². The maximum absolute atomic E-state index is 12.7. The first-order valence-electron chi connectivity index (χ1n) is 10.6. The van der Waals surface area contributed by atoms with Gasteiger partial charge in [-0.05, 0) is 33.2 Å². The Labute approximate surface area is 164 Å². The molecule has 1 amide bonds. The Morgan fingerprint density at radius 1 is 1.22 bits per heavy atom. The van der Waals surface area contributed by atoms with E-state index in [2.05, 4.69) is 34.4 Å². The molecule has 0 bridgehead atoms. The van der Waals surface area contributed by atoms with Crippen molar-refractivity contribution in [3.63, 3.8) is 0 Å². The third-order valence-electron chi connectivity index (χ3n) is 5.57. The summed E-state index contributed by atoms with van der Waals surface area (Å²) in [6.07, 6.45) is 6.86. The second kappa shape index (κ2) is 12.2. The lowest BCUT2D eigenvalue weighted by atomic mass is 9.88. The summed E-state index contributed by atoms with van der Waals surface area (Å²) in [5.41, 5.74) is 0. The van der Waals surface area contributed by atoms with Crippen molar-refractivity contribution in [1.82, 2.24) is 20.4 Å². The molecule has 7 nitrogen and oxygen atoms in total. The van der Waals surface area contributed by atoms with Gasteiger partial charge >= 0.3 is 0 Å². The molecule has 2 rings (SSSR count). The topological polar surface area (TPSA) is 69.2 Å². The van der Waals surface area contributed by atoms with Crippen molar-refractivity contribution in [3.8, 4) is 0 Å².